The smallest absolute Gasteiger partial charge is 0.317 e. The number of carbonyl (C=O) groups excluding carboxylic acids is 1. The quantitative estimate of drug-likeness (QED) is 0.451. The summed E-state index contributed by atoms with van der Waals surface area (Å²) in [6.07, 6.45) is 5.18. The lowest BCUT2D eigenvalue weighted by molar-refractivity contribution is 0.162. The van der Waals surface area contributed by atoms with Gasteiger partial charge >= 0.3 is 6.03 Å². The molecule has 198 valence electrons. The van der Waals surface area contributed by atoms with Crippen molar-refractivity contribution < 1.29 is 18.0 Å². The molecule has 37 heavy (non-hydrogen) atoms. The van der Waals surface area contributed by atoms with Gasteiger partial charge in [0.1, 0.15) is 0 Å². The topological polar surface area (TPSA) is 54.6 Å². The fourth-order valence-electron chi connectivity index (χ4n) is 5.60. The molecule has 0 aliphatic carbocycles. The maximum Gasteiger partial charge on any atom is 0.317 e. The van der Waals surface area contributed by atoms with Gasteiger partial charge in [-0.2, -0.15) is 0 Å². The molecule has 2 amide bonds. The van der Waals surface area contributed by atoms with Gasteiger partial charge < -0.3 is 20.1 Å². The van der Waals surface area contributed by atoms with Crippen LogP contribution in [0.25, 0.3) is 10.9 Å². The molecule has 2 aromatic carbocycles. The number of carbonyl (C=O) groups is 1. The van der Waals surface area contributed by atoms with Crippen LogP contribution in [0.2, 0.25) is 0 Å². The predicted octanol–water partition coefficient (Wildman–Crippen LogP) is 5.11. The molecule has 2 fully saturated rings. The van der Waals surface area contributed by atoms with Crippen molar-refractivity contribution in [2.75, 3.05) is 44.2 Å². The van der Waals surface area contributed by atoms with E-state index in [-0.39, 0.29) is 12.1 Å². The Morgan fingerprint density at radius 2 is 1.78 bits per heavy atom. The third-order valence-electron chi connectivity index (χ3n) is 7.78. The zero-order valence-corrected chi connectivity index (χ0v) is 21.2. The second-order valence-corrected chi connectivity index (χ2v) is 10.4. The molecule has 2 aliphatic rings. The van der Waals surface area contributed by atoms with E-state index in [1.54, 1.807) is 9.80 Å². The summed E-state index contributed by atoms with van der Waals surface area (Å²) in [7, 11) is 0. The molecule has 0 radical (unpaired) electrons. The first-order valence-electron chi connectivity index (χ1n) is 13.1. The monoisotopic (exact) mass is 513 g/mol. The van der Waals surface area contributed by atoms with Crippen LogP contribution in [0, 0.1) is 23.4 Å². The van der Waals surface area contributed by atoms with E-state index in [1.807, 2.05) is 13.1 Å². The summed E-state index contributed by atoms with van der Waals surface area (Å²) in [4.78, 5) is 22.1. The highest BCUT2D eigenvalue weighted by Crippen LogP contribution is 2.25. The van der Waals surface area contributed by atoms with Gasteiger partial charge in [0.25, 0.3) is 0 Å². The second kappa shape index (κ2) is 11.0. The molecule has 3 heterocycles. The van der Waals surface area contributed by atoms with Gasteiger partial charge in [-0.25, -0.2) is 18.0 Å². The van der Waals surface area contributed by atoms with Crippen molar-refractivity contribution in [2.45, 2.75) is 38.8 Å². The first kappa shape index (κ1) is 25.4. The van der Waals surface area contributed by atoms with Crippen LogP contribution in [-0.2, 0) is 6.54 Å². The number of amides is 2. The van der Waals surface area contributed by atoms with Crippen molar-refractivity contribution in [3.63, 3.8) is 0 Å². The Hall–Kier alpha value is -3.20. The lowest BCUT2D eigenvalue weighted by Crippen LogP contribution is -2.56. The summed E-state index contributed by atoms with van der Waals surface area (Å²) in [5.74, 6) is -3.27. The third-order valence-corrected chi connectivity index (χ3v) is 7.78. The van der Waals surface area contributed by atoms with Crippen LogP contribution in [0.3, 0.4) is 0 Å². The first-order chi connectivity index (χ1) is 17.9. The van der Waals surface area contributed by atoms with E-state index in [4.69, 9.17) is 0 Å². The number of piperazine rings is 1. The highest BCUT2D eigenvalue weighted by Gasteiger charge is 2.29. The Morgan fingerprint density at radius 3 is 2.51 bits per heavy atom. The zero-order chi connectivity index (χ0) is 25.9. The van der Waals surface area contributed by atoms with E-state index in [1.165, 1.54) is 16.5 Å². The van der Waals surface area contributed by atoms with Crippen molar-refractivity contribution in [1.82, 2.24) is 20.1 Å². The Balaban J connectivity index is 1.03. The SMILES string of the molecule is CC1CN(c2cc(F)c(F)c(F)c2)CCN1C(=O)NCCC1CCN(Cc2ccc3[nH]ccc3c2)CC1. The van der Waals surface area contributed by atoms with Crippen molar-refractivity contribution in [1.29, 1.82) is 0 Å². The summed E-state index contributed by atoms with van der Waals surface area (Å²) < 4.78 is 40.5. The number of anilines is 1. The highest BCUT2D eigenvalue weighted by atomic mass is 19.2. The van der Waals surface area contributed by atoms with Crippen molar-refractivity contribution in [3.05, 3.63) is 65.6 Å². The van der Waals surface area contributed by atoms with Crippen molar-refractivity contribution in [2.24, 2.45) is 5.92 Å². The van der Waals surface area contributed by atoms with E-state index >= 15 is 0 Å². The number of aromatic amines is 1. The summed E-state index contributed by atoms with van der Waals surface area (Å²) in [5.41, 5.74) is 2.79. The van der Waals surface area contributed by atoms with Crippen LogP contribution in [0.4, 0.5) is 23.7 Å². The Bertz CT molecular complexity index is 1220. The number of piperidine rings is 1. The molecule has 3 aromatic rings. The number of urea groups is 1. The number of hydrogen-bond donors (Lipinski definition) is 2. The molecule has 0 saturated carbocycles. The molecule has 1 aromatic heterocycles. The number of fused-ring (bicyclic) bond motifs is 1. The van der Waals surface area contributed by atoms with Gasteiger partial charge in [0.05, 0.1) is 0 Å². The maximum absolute atomic E-state index is 13.6. The molecule has 6 nitrogen and oxygen atoms in total. The number of halogens is 3. The number of nitrogens with one attached hydrogen (secondary N) is 2. The molecule has 5 rings (SSSR count). The maximum atomic E-state index is 13.6. The van der Waals surface area contributed by atoms with Gasteiger partial charge in [0, 0.05) is 68.3 Å². The van der Waals surface area contributed by atoms with Gasteiger partial charge in [0.15, 0.2) is 17.5 Å². The molecule has 0 spiro atoms. The summed E-state index contributed by atoms with van der Waals surface area (Å²) in [6.45, 7) is 6.92. The Labute approximate surface area is 215 Å². The number of H-pyrrole nitrogens is 1. The lowest BCUT2D eigenvalue weighted by Gasteiger charge is -2.41. The van der Waals surface area contributed by atoms with Crippen LogP contribution in [0.1, 0.15) is 31.7 Å². The Kier molecular flexibility index (Phi) is 7.60. The minimum Gasteiger partial charge on any atom is -0.368 e. The third kappa shape index (κ3) is 5.87. The zero-order valence-electron chi connectivity index (χ0n) is 21.2. The van der Waals surface area contributed by atoms with Crippen LogP contribution in [-0.4, -0.2) is 66.1 Å². The van der Waals surface area contributed by atoms with Gasteiger partial charge in [-0.1, -0.05) is 6.07 Å². The average molecular weight is 514 g/mol. The standard InChI is InChI=1S/C28H34F3N5O/c1-19-17-35(23-15-24(29)27(31)25(30)16-23)12-13-36(19)28(37)33-8-4-20-6-10-34(11-7-20)18-21-2-3-26-22(14-21)5-9-32-26/h2-3,5,9,14-16,19-20,32H,4,6-8,10-13,17-18H2,1H3,(H,33,37). The van der Waals surface area contributed by atoms with Gasteiger partial charge in [-0.05, 0) is 74.3 Å². The molecule has 0 bridgehead atoms. The van der Waals surface area contributed by atoms with E-state index in [0.717, 1.165) is 51.0 Å². The van der Waals surface area contributed by atoms with Gasteiger partial charge in [-0.3, -0.25) is 4.90 Å². The predicted molar refractivity (Wildman–Crippen MR) is 139 cm³/mol. The minimum absolute atomic E-state index is 0.110. The summed E-state index contributed by atoms with van der Waals surface area (Å²) in [5, 5.41) is 4.31. The molecular weight excluding hydrogens is 479 g/mol. The number of rotatable bonds is 6. The van der Waals surface area contributed by atoms with Crippen LogP contribution >= 0.6 is 0 Å². The molecule has 2 saturated heterocycles. The molecule has 2 aliphatic heterocycles. The average Bonchev–Trinajstić information content (AvgIpc) is 3.36. The second-order valence-electron chi connectivity index (χ2n) is 10.4. The Morgan fingerprint density at radius 1 is 1.03 bits per heavy atom. The van der Waals surface area contributed by atoms with E-state index in [2.05, 4.69) is 39.5 Å². The van der Waals surface area contributed by atoms with Gasteiger partial charge in [-0.15, -0.1) is 0 Å². The first-order valence-corrected chi connectivity index (χ1v) is 13.1. The summed E-state index contributed by atoms with van der Waals surface area (Å²) >= 11 is 0. The van der Waals surface area contributed by atoms with Crippen molar-refractivity contribution >= 4 is 22.6 Å². The number of hydrogen-bond acceptors (Lipinski definition) is 3. The molecule has 1 unspecified atom stereocenters. The largest absolute Gasteiger partial charge is 0.368 e. The van der Waals surface area contributed by atoms with Crippen LogP contribution in [0.5, 0.6) is 0 Å². The van der Waals surface area contributed by atoms with E-state index in [0.29, 0.717) is 37.8 Å². The number of likely N-dealkylation sites (tertiary alicyclic amines) is 1. The summed E-state index contributed by atoms with van der Waals surface area (Å²) in [6, 6.07) is 10.5. The molecule has 9 heteroatoms. The van der Waals surface area contributed by atoms with E-state index in [9.17, 15) is 18.0 Å². The number of benzene rings is 2. The number of nitrogens with zero attached hydrogens (tertiary/aromatic N) is 3. The molecule has 2 N–H and O–H groups in total. The van der Waals surface area contributed by atoms with E-state index < -0.39 is 17.5 Å². The molecule has 1 atom stereocenters. The fourth-order valence-corrected chi connectivity index (χ4v) is 5.60. The minimum atomic E-state index is -1.46. The number of aromatic nitrogens is 1. The fraction of sp³-hybridized carbons (Fsp3) is 0.464. The van der Waals surface area contributed by atoms with Crippen LogP contribution in [0.15, 0.2) is 42.6 Å². The molecular formula is C28H34F3N5O. The van der Waals surface area contributed by atoms with Gasteiger partial charge in [0.2, 0.25) is 0 Å². The highest BCUT2D eigenvalue weighted by molar-refractivity contribution is 5.79. The van der Waals surface area contributed by atoms with Crippen LogP contribution < -0.4 is 10.2 Å². The lowest BCUT2D eigenvalue weighted by atomic mass is 9.93. The normalized spacial score (nSPS) is 19.5. The van der Waals surface area contributed by atoms with Crippen molar-refractivity contribution in [3.8, 4) is 0 Å².